The molecule has 3 aromatic carbocycles. The van der Waals surface area contributed by atoms with Crippen LogP contribution in [0.25, 0.3) is 0 Å². The number of rotatable bonds is 7. The van der Waals surface area contributed by atoms with E-state index in [1.54, 1.807) is 36.4 Å². The second-order valence-corrected chi connectivity index (χ2v) is 8.12. The first-order chi connectivity index (χ1) is 15.9. The molecule has 0 aromatic heterocycles. The fraction of sp³-hybridized carbons (Fsp3) is 0.192. The van der Waals surface area contributed by atoms with Crippen LogP contribution in [0.2, 0.25) is 0 Å². The average Bonchev–Trinajstić information content (AvgIpc) is 3.66. The Morgan fingerprint density at radius 2 is 1.27 bits per heavy atom. The molecular weight excluding hydrogens is 421 g/mol. The van der Waals surface area contributed by atoms with Crippen molar-refractivity contribution < 1.29 is 18.8 Å². The minimum absolute atomic E-state index is 0.0260. The summed E-state index contributed by atoms with van der Waals surface area (Å²) in [5.41, 5.74) is 3.00. The fourth-order valence-electron chi connectivity index (χ4n) is 3.32. The second-order valence-electron chi connectivity index (χ2n) is 8.12. The van der Waals surface area contributed by atoms with Gasteiger partial charge in [0.2, 0.25) is 5.91 Å². The van der Waals surface area contributed by atoms with Crippen molar-refractivity contribution in [1.29, 1.82) is 0 Å². The van der Waals surface area contributed by atoms with Gasteiger partial charge in [0.1, 0.15) is 5.82 Å². The molecule has 1 saturated carbocycles. The molecule has 6 nitrogen and oxygen atoms in total. The number of benzene rings is 3. The Hall–Kier alpha value is -4.00. The van der Waals surface area contributed by atoms with Crippen molar-refractivity contribution in [2.45, 2.75) is 25.8 Å². The van der Waals surface area contributed by atoms with Crippen molar-refractivity contribution in [3.8, 4) is 0 Å². The van der Waals surface area contributed by atoms with Gasteiger partial charge in [-0.2, -0.15) is 0 Å². The lowest BCUT2D eigenvalue weighted by atomic mass is 10.1. The van der Waals surface area contributed by atoms with Crippen molar-refractivity contribution >= 4 is 29.1 Å². The Morgan fingerprint density at radius 1 is 0.758 bits per heavy atom. The third kappa shape index (κ3) is 5.83. The van der Waals surface area contributed by atoms with Crippen molar-refractivity contribution in [3.05, 3.63) is 95.3 Å². The molecule has 3 amide bonds. The van der Waals surface area contributed by atoms with E-state index >= 15 is 0 Å². The highest BCUT2D eigenvalue weighted by molar-refractivity contribution is 6.04. The van der Waals surface area contributed by atoms with Gasteiger partial charge in [0.15, 0.2) is 0 Å². The molecule has 0 heterocycles. The molecule has 1 unspecified atom stereocenters. The van der Waals surface area contributed by atoms with E-state index in [9.17, 15) is 18.8 Å². The average molecular weight is 445 g/mol. The molecule has 1 aliphatic carbocycles. The number of carbonyl (C=O) groups is 3. The number of anilines is 2. The van der Waals surface area contributed by atoms with Crippen molar-refractivity contribution in [2.24, 2.45) is 5.92 Å². The van der Waals surface area contributed by atoms with Gasteiger partial charge in [-0.1, -0.05) is 12.1 Å². The summed E-state index contributed by atoms with van der Waals surface area (Å²) in [5, 5.41) is 8.56. The maximum Gasteiger partial charge on any atom is 0.255 e. The summed E-state index contributed by atoms with van der Waals surface area (Å²) in [5.74, 6) is -0.810. The van der Waals surface area contributed by atoms with Crippen molar-refractivity contribution in [1.82, 2.24) is 5.32 Å². The van der Waals surface area contributed by atoms with Crippen molar-refractivity contribution in [3.63, 3.8) is 0 Å². The second kappa shape index (κ2) is 9.65. The molecule has 0 aliphatic heterocycles. The van der Waals surface area contributed by atoms with Gasteiger partial charge in [-0.25, -0.2) is 4.39 Å². The zero-order valence-corrected chi connectivity index (χ0v) is 18.1. The molecule has 3 aromatic rings. The number of amides is 3. The molecule has 7 heteroatoms. The topological polar surface area (TPSA) is 87.3 Å². The van der Waals surface area contributed by atoms with Gasteiger partial charge in [-0.05, 0) is 86.0 Å². The van der Waals surface area contributed by atoms with Gasteiger partial charge < -0.3 is 16.0 Å². The van der Waals surface area contributed by atoms with Gasteiger partial charge in [0, 0.05) is 28.4 Å². The predicted octanol–water partition coefficient (Wildman–Crippen LogP) is 4.92. The first-order valence-electron chi connectivity index (χ1n) is 10.8. The molecule has 1 atom stereocenters. The molecule has 33 heavy (non-hydrogen) atoms. The first kappa shape index (κ1) is 22.2. The molecule has 0 saturated heterocycles. The Labute approximate surface area is 191 Å². The van der Waals surface area contributed by atoms with Crippen LogP contribution in [0, 0.1) is 11.7 Å². The number of nitrogens with one attached hydrogen (secondary N) is 3. The predicted molar refractivity (Wildman–Crippen MR) is 124 cm³/mol. The quantitative estimate of drug-likeness (QED) is 0.483. The van der Waals surface area contributed by atoms with Crippen LogP contribution >= 0.6 is 0 Å². The van der Waals surface area contributed by atoms with Gasteiger partial charge in [-0.3, -0.25) is 14.4 Å². The van der Waals surface area contributed by atoms with E-state index in [4.69, 9.17) is 0 Å². The summed E-state index contributed by atoms with van der Waals surface area (Å²) in [6.07, 6.45) is 1.87. The van der Waals surface area contributed by atoms with Crippen LogP contribution in [-0.4, -0.2) is 17.7 Å². The molecule has 4 rings (SSSR count). The Bertz CT molecular complexity index is 1150. The van der Waals surface area contributed by atoms with Crippen molar-refractivity contribution in [2.75, 3.05) is 10.6 Å². The largest absolute Gasteiger partial charge is 0.346 e. The molecule has 0 spiro atoms. The molecule has 0 radical (unpaired) electrons. The number of halogens is 1. The van der Waals surface area contributed by atoms with Crippen LogP contribution in [0.3, 0.4) is 0 Å². The number of hydrogen-bond acceptors (Lipinski definition) is 3. The minimum Gasteiger partial charge on any atom is -0.346 e. The highest BCUT2D eigenvalue weighted by atomic mass is 19.1. The van der Waals surface area contributed by atoms with E-state index in [0.717, 1.165) is 18.4 Å². The highest BCUT2D eigenvalue weighted by Crippen LogP contribution is 2.30. The normalized spacial score (nSPS) is 13.6. The first-order valence-corrected chi connectivity index (χ1v) is 10.8. The molecule has 1 aliphatic rings. The summed E-state index contributed by atoms with van der Waals surface area (Å²) in [7, 11) is 0. The summed E-state index contributed by atoms with van der Waals surface area (Å²) < 4.78 is 13.0. The summed E-state index contributed by atoms with van der Waals surface area (Å²) in [6, 6.07) is 19.0. The maximum atomic E-state index is 13.0. The third-order valence-corrected chi connectivity index (χ3v) is 5.49. The van der Waals surface area contributed by atoms with Crippen LogP contribution in [-0.2, 0) is 4.79 Å². The minimum atomic E-state index is -0.400. The van der Waals surface area contributed by atoms with E-state index in [-0.39, 0.29) is 29.7 Å². The fourth-order valence-corrected chi connectivity index (χ4v) is 3.32. The van der Waals surface area contributed by atoms with Gasteiger partial charge in [0.25, 0.3) is 11.8 Å². The summed E-state index contributed by atoms with van der Waals surface area (Å²) in [4.78, 5) is 36.7. The molecule has 0 bridgehead atoms. The number of carbonyl (C=O) groups excluding carboxylic acids is 3. The third-order valence-electron chi connectivity index (χ3n) is 5.49. The lowest BCUT2D eigenvalue weighted by Gasteiger charge is -2.15. The zero-order valence-electron chi connectivity index (χ0n) is 18.1. The smallest absolute Gasteiger partial charge is 0.255 e. The SMILES string of the molecule is CC(NC(=O)c1ccc(NC(=O)C2CC2)cc1)c1ccc(NC(=O)c2ccc(F)cc2)cc1. The monoisotopic (exact) mass is 445 g/mol. The van der Waals surface area contributed by atoms with E-state index in [0.29, 0.717) is 22.5 Å². The lowest BCUT2D eigenvalue weighted by molar-refractivity contribution is -0.117. The molecule has 3 N–H and O–H groups in total. The standard InChI is InChI=1S/C26H24FN3O3/c1-16(28-24(31)20-8-14-23(15-9-20)30-25(32)18-2-3-18)17-6-12-22(13-7-17)29-26(33)19-4-10-21(27)11-5-19/h4-16,18H,2-3H2,1H3,(H,28,31)(H,29,33)(H,30,32). The van der Waals surface area contributed by atoms with E-state index < -0.39 is 5.82 Å². The molecule has 1 fully saturated rings. The Kier molecular flexibility index (Phi) is 6.49. The van der Waals surface area contributed by atoms with E-state index in [1.165, 1.54) is 24.3 Å². The van der Waals surface area contributed by atoms with Gasteiger partial charge in [-0.15, -0.1) is 0 Å². The van der Waals surface area contributed by atoms with Crippen LogP contribution in [0.15, 0.2) is 72.8 Å². The van der Waals surface area contributed by atoms with Crippen LogP contribution < -0.4 is 16.0 Å². The Morgan fingerprint density at radius 3 is 1.88 bits per heavy atom. The van der Waals surface area contributed by atoms with Crippen LogP contribution in [0.1, 0.15) is 52.1 Å². The van der Waals surface area contributed by atoms with Crippen LogP contribution in [0.4, 0.5) is 15.8 Å². The summed E-state index contributed by atoms with van der Waals surface area (Å²) in [6.45, 7) is 1.87. The van der Waals surface area contributed by atoms with Crippen LogP contribution in [0.5, 0.6) is 0 Å². The Balaban J connectivity index is 1.31. The summed E-state index contributed by atoms with van der Waals surface area (Å²) >= 11 is 0. The maximum absolute atomic E-state index is 13.0. The van der Waals surface area contributed by atoms with Gasteiger partial charge >= 0.3 is 0 Å². The van der Waals surface area contributed by atoms with E-state index in [1.807, 2.05) is 19.1 Å². The molecular formula is C26H24FN3O3. The highest BCUT2D eigenvalue weighted by Gasteiger charge is 2.29. The lowest BCUT2D eigenvalue weighted by Crippen LogP contribution is -2.26. The van der Waals surface area contributed by atoms with E-state index in [2.05, 4.69) is 16.0 Å². The molecule has 168 valence electrons. The number of hydrogen-bond donors (Lipinski definition) is 3. The zero-order chi connectivity index (χ0) is 23.4. The van der Waals surface area contributed by atoms with Gasteiger partial charge in [0.05, 0.1) is 6.04 Å².